The van der Waals surface area contributed by atoms with Crippen LogP contribution in [0.1, 0.15) is 24.1 Å². The fourth-order valence-corrected chi connectivity index (χ4v) is 3.90. The molecule has 0 heterocycles. The average Bonchev–Trinajstić information content (AvgIpc) is 2.92. The van der Waals surface area contributed by atoms with Crippen molar-refractivity contribution in [1.29, 1.82) is 0 Å². The molecule has 0 aromatic heterocycles. The molecular formula is C29H36N2O5. The topological polar surface area (TPSA) is 69.3 Å². The molecule has 1 N–H and O–H groups in total. The van der Waals surface area contributed by atoms with Crippen molar-refractivity contribution < 1.29 is 23.7 Å². The molecule has 0 bridgehead atoms. The quantitative estimate of drug-likeness (QED) is 0.358. The van der Waals surface area contributed by atoms with Gasteiger partial charge in [0, 0.05) is 26.7 Å². The van der Waals surface area contributed by atoms with Gasteiger partial charge in [-0.1, -0.05) is 54.6 Å². The fraction of sp³-hybridized carbons (Fsp3) is 0.345. The number of nitrogens with one attached hydrogen (secondary N) is 1. The van der Waals surface area contributed by atoms with Gasteiger partial charge in [0.2, 0.25) is 0 Å². The molecule has 0 saturated carbocycles. The first kappa shape index (κ1) is 27.0. The van der Waals surface area contributed by atoms with Crippen LogP contribution in [0.4, 0.5) is 0 Å². The summed E-state index contributed by atoms with van der Waals surface area (Å²) in [5, 5.41) is 3.12. The Morgan fingerprint density at radius 2 is 1.56 bits per heavy atom. The standard InChI is InChI=1S/C29H36N2O5/c1-22(24-11-7-5-8-12-24)30-29(32)28(36-25-13-9-6-10-14-25)21-31(17-18-33-2)20-23-15-16-26(34-3)27(19-23)35-4/h5-16,19,22,28H,17-18,20-21H2,1-4H3,(H,30,32)/t22-,28-/m1/s1. The molecule has 7 heteroatoms. The van der Waals surface area contributed by atoms with E-state index in [0.717, 1.165) is 11.1 Å². The molecule has 36 heavy (non-hydrogen) atoms. The van der Waals surface area contributed by atoms with Gasteiger partial charge < -0.3 is 24.3 Å². The van der Waals surface area contributed by atoms with Gasteiger partial charge in [-0.15, -0.1) is 0 Å². The predicted molar refractivity (Wildman–Crippen MR) is 141 cm³/mol. The maximum atomic E-state index is 13.4. The van der Waals surface area contributed by atoms with E-state index in [9.17, 15) is 4.79 Å². The zero-order valence-electron chi connectivity index (χ0n) is 21.5. The molecule has 3 aromatic carbocycles. The van der Waals surface area contributed by atoms with Crippen LogP contribution in [-0.4, -0.2) is 57.9 Å². The molecule has 2 atom stereocenters. The number of carbonyl (C=O) groups excluding carboxylic acids is 1. The monoisotopic (exact) mass is 492 g/mol. The minimum absolute atomic E-state index is 0.154. The van der Waals surface area contributed by atoms with Crippen LogP contribution in [0.3, 0.4) is 0 Å². The summed E-state index contributed by atoms with van der Waals surface area (Å²) in [6, 6.07) is 25.0. The lowest BCUT2D eigenvalue weighted by molar-refractivity contribution is -0.129. The molecule has 0 aliphatic carbocycles. The van der Waals surface area contributed by atoms with E-state index in [2.05, 4.69) is 10.2 Å². The molecular weight excluding hydrogens is 456 g/mol. The Labute approximate surface area is 213 Å². The van der Waals surface area contributed by atoms with E-state index >= 15 is 0 Å². The van der Waals surface area contributed by atoms with Crippen molar-refractivity contribution in [2.75, 3.05) is 41.0 Å². The maximum Gasteiger partial charge on any atom is 0.262 e. The number of hydrogen-bond donors (Lipinski definition) is 1. The fourth-order valence-electron chi connectivity index (χ4n) is 3.90. The highest BCUT2D eigenvalue weighted by Crippen LogP contribution is 2.28. The molecule has 0 aliphatic heterocycles. The molecule has 192 valence electrons. The van der Waals surface area contributed by atoms with Gasteiger partial charge in [0.15, 0.2) is 17.6 Å². The average molecular weight is 493 g/mol. The minimum Gasteiger partial charge on any atom is -0.493 e. The van der Waals surface area contributed by atoms with Crippen molar-refractivity contribution in [3.63, 3.8) is 0 Å². The summed E-state index contributed by atoms with van der Waals surface area (Å²) in [6.45, 7) is 4.08. The van der Waals surface area contributed by atoms with Crippen LogP contribution in [0.15, 0.2) is 78.9 Å². The van der Waals surface area contributed by atoms with Gasteiger partial charge in [-0.05, 0) is 42.3 Å². The van der Waals surface area contributed by atoms with E-state index in [1.165, 1.54) is 0 Å². The summed E-state index contributed by atoms with van der Waals surface area (Å²) in [6.07, 6.45) is -0.726. The van der Waals surface area contributed by atoms with Crippen molar-refractivity contribution in [3.8, 4) is 17.2 Å². The third kappa shape index (κ3) is 8.00. The maximum absolute atomic E-state index is 13.4. The Balaban J connectivity index is 1.80. The largest absolute Gasteiger partial charge is 0.493 e. The Kier molecular flexibility index (Phi) is 10.6. The molecule has 0 unspecified atom stereocenters. The number of ether oxygens (including phenoxy) is 4. The normalized spacial score (nSPS) is 12.6. The Bertz CT molecular complexity index is 1060. The highest BCUT2D eigenvalue weighted by Gasteiger charge is 2.26. The van der Waals surface area contributed by atoms with E-state index < -0.39 is 6.10 Å². The second-order valence-corrected chi connectivity index (χ2v) is 8.48. The van der Waals surface area contributed by atoms with Gasteiger partial charge >= 0.3 is 0 Å². The summed E-state index contributed by atoms with van der Waals surface area (Å²) < 4.78 is 22.4. The first-order chi connectivity index (χ1) is 17.5. The first-order valence-electron chi connectivity index (χ1n) is 12.0. The Morgan fingerprint density at radius 3 is 2.19 bits per heavy atom. The summed E-state index contributed by atoms with van der Waals surface area (Å²) in [4.78, 5) is 15.6. The van der Waals surface area contributed by atoms with Crippen LogP contribution in [-0.2, 0) is 16.1 Å². The van der Waals surface area contributed by atoms with E-state index in [1.54, 1.807) is 21.3 Å². The van der Waals surface area contributed by atoms with Crippen molar-refractivity contribution in [2.45, 2.75) is 25.6 Å². The smallest absolute Gasteiger partial charge is 0.262 e. The summed E-state index contributed by atoms with van der Waals surface area (Å²) in [7, 11) is 4.90. The van der Waals surface area contributed by atoms with Crippen molar-refractivity contribution in [1.82, 2.24) is 10.2 Å². The van der Waals surface area contributed by atoms with Gasteiger partial charge in [-0.25, -0.2) is 0 Å². The highest BCUT2D eigenvalue weighted by molar-refractivity contribution is 5.81. The van der Waals surface area contributed by atoms with E-state index in [4.69, 9.17) is 18.9 Å². The minimum atomic E-state index is -0.726. The zero-order valence-corrected chi connectivity index (χ0v) is 21.5. The van der Waals surface area contributed by atoms with Gasteiger partial charge in [0.05, 0.1) is 26.9 Å². The number of para-hydroxylation sites is 1. The predicted octanol–water partition coefficient (Wildman–Crippen LogP) is 4.48. The van der Waals surface area contributed by atoms with Crippen LogP contribution in [0, 0.1) is 0 Å². The third-order valence-electron chi connectivity index (χ3n) is 5.86. The number of rotatable bonds is 14. The van der Waals surface area contributed by atoms with E-state index in [1.807, 2.05) is 85.8 Å². The Morgan fingerprint density at radius 1 is 0.889 bits per heavy atom. The van der Waals surface area contributed by atoms with Gasteiger partial charge in [-0.3, -0.25) is 9.69 Å². The number of benzene rings is 3. The molecule has 3 aromatic rings. The lowest BCUT2D eigenvalue weighted by Crippen LogP contribution is -2.47. The Hall–Kier alpha value is -3.55. The van der Waals surface area contributed by atoms with E-state index in [-0.39, 0.29) is 11.9 Å². The molecule has 3 rings (SSSR count). The van der Waals surface area contributed by atoms with Crippen LogP contribution >= 0.6 is 0 Å². The summed E-state index contributed by atoms with van der Waals surface area (Å²) in [5.41, 5.74) is 2.06. The van der Waals surface area contributed by atoms with Crippen LogP contribution in [0.25, 0.3) is 0 Å². The van der Waals surface area contributed by atoms with Crippen molar-refractivity contribution >= 4 is 5.91 Å². The molecule has 7 nitrogen and oxygen atoms in total. The zero-order chi connectivity index (χ0) is 25.8. The molecule has 0 fully saturated rings. The highest BCUT2D eigenvalue weighted by atomic mass is 16.5. The van der Waals surface area contributed by atoms with Crippen LogP contribution < -0.4 is 19.5 Å². The summed E-state index contributed by atoms with van der Waals surface area (Å²) in [5.74, 6) is 1.80. The second-order valence-electron chi connectivity index (χ2n) is 8.48. The third-order valence-corrected chi connectivity index (χ3v) is 5.86. The SMILES string of the molecule is COCCN(Cc1ccc(OC)c(OC)c1)C[C@@H](Oc1ccccc1)C(=O)N[C@H](C)c1ccccc1. The van der Waals surface area contributed by atoms with Crippen LogP contribution in [0.5, 0.6) is 17.2 Å². The summed E-state index contributed by atoms with van der Waals surface area (Å²) >= 11 is 0. The number of amides is 1. The lowest BCUT2D eigenvalue weighted by atomic mass is 10.1. The van der Waals surface area contributed by atoms with Gasteiger partial charge in [-0.2, -0.15) is 0 Å². The van der Waals surface area contributed by atoms with Crippen molar-refractivity contribution in [2.24, 2.45) is 0 Å². The lowest BCUT2D eigenvalue weighted by Gasteiger charge is -2.28. The molecule has 0 saturated heterocycles. The van der Waals surface area contributed by atoms with Gasteiger partial charge in [0.25, 0.3) is 5.91 Å². The number of methoxy groups -OCH3 is 3. The molecule has 0 spiro atoms. The van der Waals surface area contributed by atoms with E-state index in [0.29, 0.717) is 43.5 Å². The number of nitrogens with zero attached hydrogens (tertiary/aromatic N) is 1. The number of hydrogen-bond acceptors (Lipinski definition) is 6. The van der Waals surface area contributed by atoms with Crippen LogP contribution in [0.2, 0.25) is 0 Å². The van der Waals surface area contributed by atoms with Crippen molar-refractivity contribution in [3.05, 3.63) is 90.0 Å². The van der Waals surface area contributed by atoms with Gasteiger partial charge in [0.1, 0.15) is 5.75 Å². The first-order valence-corrected chi connectivity index (χ1v) is 12.0. The molecule has 0 radical (unpaired) electrons. The second kappa shape index (κ2) is 14.1. The molecule has 0 aliphatic rings. The molecule has 1 amide bonds. The number of carbonyl (C=O) groups is 1.